The van der Waals surface area contributed by atoms with E-state index in [-0.39, 0.29) is 12.5 Å². The third-order valence-corrected chi connectivity index (χ3v) is 3.30. The molecule has 0 fully saturated rings. The van der Waals surface area contributed by atoms with Gasteiger partial charge >= 0.3 is 5.97 Å². The third kappa shape index (κ3) is 4.87. The van der Waals surface area contributed by atoms with Gasteiger partial charge in [0, 0.05) is 11.8 Å². The molecule has 0 bridgehead atoms. The Bertz CT molecular complexity index is 759. The summed E-state index contributed by atoms with van der Waals surface area (Å²) in [5.74, 6) is 0.486. The minimum atomic E-state index is -0.486. The fourth-order valence-electron chi connectivity index (χ4n) is 2.07. The number of nitrogens with one attached hydrogen (secondary N) is 1. The van der Waals surface area contributed by atoms with E-state index in [0.29, 0.717) is 28.5 Å². The molecule has 0 radical (unpaired) electrons. The van der Waals surface area contributed by atoms with Crippen LogP contribution >= 0.6 is 0 Å². The van der Waals surface area contributed by atoms with E-state index in [4.69, 9.17) is 14.2 Å². The molecule has 0 aliphatic rings. The van der Waals surface area contributed by atoms with Gasteiger partial charge in [0.25, 0.3) is 5.91 Å². The number of rotatable bonds is 7. The van der Waals surface area contributed by atoms with Gasteiger partial charge in [0.15, 0.2) is 18.1 Å². The maximum absolute atomic E-state index is 12.0. The first-order valence-corrected chi connectivity index (χ1v) is 7.40. The molecule has 0 saturated heterocycles. The number of carbonyl (C=O) groups excluding carboxylic acids is 2. The summed E-state index contributed by atoms with van der Waals surface area (Å²) in [6.07, 6.45) is 0. The van der Waals surface area contributed by atoms with Gasteiger partial charge in [0.1, 0.15) is 5.75 Å². The predicted octanol–water partition coefficient (Wildman–Crippen LogP) is 2.51. The van der Waals surface area contributed by atoms with Crippen molar-refractivity contribution in [3.05, 3.63) is 48.0 Å². The van der Waals surface area contributed by atoms with E-state index in [9.17, 15) is 9.59 Å². The fourth-order valence-corrected chi connectivity index (χ4v) is 2.07. The molecule has 0 aromatic heterocycles. The number of benzene rings is 2. The maximum atomic E-state index is 12.0. The van der Waals surface area contributed by atoms with Crippen LogP contribution in [0.1, 0.15) is 10.4 Å². The quantitative estimate of drug-likeness (QED) is 0.777. The number of amides is 1. The number of hydrogen-bond acceptors (Lipinski definition) is 6. The highest BCUT2D eigenvalue weighted by atomic mass is 16.5. The molecule has 0 aliphatic heterocycles. The second-order valence-electron chi connectivity index (χ2n) is 4.93. The Morgan fingerprint density at radius 1 is 0.960 bits per heavy atom. The van der Waals surface area contributed by atoms with Crippen molar-refractivity contribution < 1.29 is 28.5 Å². The summed E-state index contributed by atoms with van der Waals surface area (Å²) in [4.78, 5) is 23.5. The van der Waals surface area contributed by atoms with E-state index in [1.807, 2.05) is 0 Å². The molecule has 132 valence electrons. The first-order chi connectivity index (χ1) is 12.1. The zero-order valence-corrected chi connectivity index (χ0v) is 14.2. The Balaban J connectivity index is 2.00. The molecule has 0 saturated carbocycles. The predicted molar refractivity (Wildman–Crippen MR) is 91.5 cm³/mol. The monoisotopic (exact) mass is 345 g/mol. The Kier molecular flexibility index (Phi) is 6.22. The fraction of sp³-hybridized carbons (Fsp3) is 0.222. The molecule has 0 spiro atoms. The minimum Gasteiger partial charge on any atom is -0.497 e. The molecule has 1 amide bonds. The molecule has 2 aromatic carbocycles. The van der Waals surface area contributed by atoms with Gasteiger partial charge in [-0.1, -0.05) is 6.07 Å². The second kappa shape index (κ2) is 8.58. The molecule has 0 atom stereocenters. The molecular formula is C18H19NO6. The number of hydrogen-bond donors (Lipinski definition) is 1. The van der Waals surface area contributed by atoms with Crippen molar-refractivity contribution in [3.8, 4) is 17.2 Å². The Morgan fingerprint density at radius 3 is 2.44 bits per heavy atom. The maximum Gasteiger partial charge on any atom is 0.337 e. The number of carbonyl (C=O) groups is 2. The van der Waals surface area contributed by atoms with Gasteiger partial charge in [0.05, 0.1) is 26.9 Å². The average Bonchev–Trinajstić information content (AvgIpc) is 2.65. The summed E-state index contributed by atoms with van der Waals surface area (Å²) in [7, 11) is 4.29. The van der Waals surface area contributed by atoms with Crippen LogP contribution in [0.15, 0.2) is 42.5 Å². The van der Waals surface area contributed by atoms with Crippen molar-refractivity contribution in [1.29, 1.82) is 0 Å². The van der Waals surface area contributed by atoms with E-state index in [1.165, 1.54) is 26.4 Å². The van der Waals surface area contributed by atoms with E-state index >= 15 is 0 Å². The number of anilines is 1. The number of methoxy groups -OCH3 is 3. The number of ether oxygens (including phenoxy) is 4. The SMILES string of the molecule is COC(=O)c1ccc(OCC(=O)Nc2cccc(OC)c2)c(OC)c1. The zero-order chi connectivity index (χ0) is 18.2. The van der Waals surface area contributed by atoms with E-state index in [1.54, 1.807) is 37.4 Å². The lowest BCUT2D eigenvalue weighted by atomic mass is 10.2. The summed E-state index contributed by atoms with van der Waals surface area (Å²) >= 11 is 0. The molecule has 25 heavy (non-hydrogen) atoms. The molecule has 2 aromatic rings. The lowest BCUT2D eigenvalue weighted by molar-refractivity contribution is -0.118. The van der Waals surface area contributed by atoms with Crippen molar-refractivity contribution in [1.82, 2.24) is 0 Å². The van der Waals surface area contributed by atoms with Crippen LogP contribution in [0.4, 0.5) is 5.69 Å². The van der Waals surface area contributed by atoms with Gasteiger partial charge in [-0.15, -0.1) is 0 Å². The molecule has 0 unspecified atom stereocenters. The van der Waals surface area contributed by atoms with Crippen LogP contribution in [-0.2, 0) is 9.53 Å². The number of esters is 1. The lowest BCUT2D eigenvalue weighted by Gasteiger charge is -2.12. The summed E-state index contributed by atoms with van der Waals surface area (Å²) in [6.45, 7) is -0.217. The Hall–Kier alpha value is -3.22. The zero-order valence-electron chi connectivity index (χ0n) is 14.2. The van der Waals surface area contributed by atoms with Gasteiger partial charge < -0.3 is 24.3 Å². The third-order valence-electron chi connectivity index (χ3n) is 3.30. The van der Waals surface area contributed by atoms with E-state index in [2.05, 4.69) is 10.1 Å². The largest absolute Gasteiger partial charge is 0.497 e. The van der Waals surface area contributed by atoms with Crippen molar-refractivity contribution in [2.45, 2.75) is 0 Å². The smallest absolute Gasteiger partial charge is 0.337 e. The highest BCUT2D eigenvalue weighted by molar-refractivity contribution is 5.92. The average molecular weight is 345 g/mol. The van der Waals surface area contributed by atoms with Crippen LogP contribution in [0.3, 0.4) is 0 Å². The molecule has 7 heteroatoms. The standard InChI is InChI=1S/C18H19NO6/c1-22-14-6-4-5-13(10-14)19-17(20)11-25-15-8-7-12(18(21)24-3)9-16(15)23-2/h4-10H,11H2,1-3H3,(H,19,20). The van der Waals surface area contributed by atoms with Gasteiger partial charge in [-0.3, -0.25) is 4.79 Å². The summed E-state index contributed by atoms with van der Waals surface area (Å²) in [5, 5.41) is 2.70. The van der Waals surface area contributed by atoms with E-state index in [0.717, 1.165) is 0 Å². The van der Waals surface area contributed by atoms with Crippen LogP contribution in [0.25, 0.3) is 0 Å². The lowest BCUT2D eigenvalue weighted by Crippen LogP contribution is -2.20. The normalized spacial score (nSPS) is 9.88. The van der Waals surface area contributed by atoms with Gasteiger partial charge in [-0.25, -0.2) is 4.79 Å². The van der Waals surface area contributed by atoms with Crippen molar-refractivity contribution in [2.75, 3.05) is 33.3 Å². The highest BCUT2D eigenvalue weighted by Gasteiger charge is 2.13. The summed E-state index contributed by atoms with van der Waals surface area (Å²) in [5.41, 5.74) is 0.925. The van der Waals surface area contributed by atoms with Crippen LogP contribution in [0.5, 0.6) is 17.2 Å². The van der Waals surface area contributed by atoms with Gasteiger partial charge in [0.2, 0.25) is 0 Å². The molecule has 7 nitrogen and oxygen atoms in total. The molecule has 0 heterocycles. The highest BCUT2D eigenvalue weighted by Crippen LogP contribution is 2.28. The van der Waals surface area contributed by atoms with Crippen molar-refractivity contribution >= 4 is 17.6 Å². The van der Waals surface area contributed by atoms with E-state index < -0.39 is 5.97 Å². The molecule has 1 N–H and O–H groups in total. The van der Waals surface area contributed by atoms with Gasteiger partial charge in [-0.2, -0.15) is 0 Å². The first-order valence-electron chi connectivity index (χ1n) is 7.40. The summed E-state index contributed by atoms with van der Waals surface area (Å²) < 4.78 is 20.4. The topological polar surface area (TPSA) is 83.1 Å². The Labute approximate surface area is 145 Å². The van der Waals surface area contributed by atoms with Crippen molar-refractivity contribution in [3.63, 3.8) is 0 Å². The molecule has 0 aliphatic carbocycles. The second-order valence-corrected chi connectivity index (χ2v) is 4.93. The van der Waals surface area contributed by atoms with Crippen LogP contribution < -0.4 is 19.5 Å². The van der Waals surface area contributed by atoms with Crippen molar-refractivity contribution in [2.24, 2.45) is 0 Å². The molecular weight excluding hydrogens is 326 g/mol. The van der Waals surface area contributed by atoms with Crippen LogP contribution in [-0.4, -0.2) is 39.8 Å². The minimum absolute atomic E-state index is 0.217. The first kappa shape index (κ1) is 18.1. The van der Waals surface area contributed by atoms with Gasteiger partial charge in [-0.05, 0) is 30.3 Å². The van der Waals surface area contributed by atoms with Crippen LogP contribution in [0, 0.1) is 0 Å². The molecule has 2 rings (SSSR count). The van der Waals surface area contributed by atoms with Crippen LogP contribution in [0.2, 0.25) is 0 Å². The summed E-state index contributed by atoms with van der Waals surface area (Å²) in [6, 6.07) is 11.5. The Morgan fingerprint density at radius 2 is 1.76 bits per heavy atom.